The Morgan fingerprint density at radius 1 is 0.962 bits per heavy atom. The van der Waals surface area contributed by atoms with Gasteiger partial charge < -0.3 is 0 Å². The molecule has 8 heteroatoms. The first-order valence-corrected chi connectivity index (χ1v) is 10.9. The van der Waals surface area contributed by atoms with Crippen LogP contribution in [0.5, 0.6) is 0 Å². The monoisotopic (exact) mass is 394 g/mol. The average Bonchev–Trinajstić information content (AvgIpc) is 2.59. The van der Waals surface area contributed by atoms with Gasteiger partial charge >= 0.3 is 0 Å². The van der Waals surface area contributed by atoms with Gasteiger partial charge in [-0.25, -0.2) is 22.0 Å². The predicted molar refractivity (Wildman–Crippen MR) is 103 cm³/mol. The third-order valence-electron chi connectivity index (χ3n) is 4.15. The lowest BCUT2D eigenvalue weighted by Crippen LogP contribution is -2.28. The number of benzene rings is 2. The Morgan fingerprint density at radius 2 is 1.50 bits per heavy atom. The molecule has 0 fully saturated rings. The van der Waals surface area contributed by atoms with Gasteiger partial charge in [-0.3, -0.25) is 0 Å². The fourth-order valence-electron chi connectivity index (χ4n) is 2.30. The van der Waals surface area contributed by atoms with Gasteiger partial charge in [0.05, 0.1) is 4.90 Å². The molecule has 2 rings (SSSR count). The summed E-state index contributed by atoms with van der Waals surface area (Å²) < 4.78 is 48.9. The lowest BCUT2D eigenvalue weighted by molar-refractivity contribution is 0.404. The maximum atomic E-state index is 12.5. The summed E-state index contributed by atoms with van der Waals surface area (Å²) in [4.78, 5) is -0.0155. The van der Waals surface area contributed by atoms with Crippen LogP contribution in [0.2, 0.25) is 0 Å². The molecule has 0 aliphatic heterocycles. The Bertz CT molecular complexity index is 994. The van der Waals surface area contributed by atoms with E-state index in [1.54, 1.807) is 25.1 Å². The molecule has 0 amide bonds. The third kappa shape index (κ3) is 5.01. The fraction of sp³-hybridized carbons (Fsp3) is 0.222. The Morgan fingerprint density at radius 3 is 2.00 bits per heavy atom. The summed E-state index contributed by atoms with van der Waals surface area (Å²) in [6, 6.07) is 12.9. The molecule has 0 aliphatic carbocycles. The Balaban J connectivity index is 2.20. The number of hydrogen-bond acceptors (Lipinski definition) is 4. The highest BCUT2D eigenvalue weighted by molar-refractivity contribution is 7.92. The molecule has 2 aromatic rings. The number of nitrogens with two attached hydrogens (primary N) is 1. The van der Waals surface area contributed by atoms with Crippen molar-refractivity contribution in [3.63, 3.8) is 0 Å². The predicted octanol–water partition coefficient (Wildman–Crippen LogP) is 2.64. The van der Waals surface area contributed by atoms with Crippen LogP contribution >= 0.6 is 0 Å². The van der Waals surface area contributed by atoms with Gasteiger partial charge in [0, 0.05) is 18.5 Å². The van der Waals surface area contributed by atoms with Crippen LogP contribution in [-0.2, 0) is 20.0 Å². The zero-order valence-electron chi connectivity index (χ0n) is 14.8. The summed E-state index contributed by atoms with van der Waals surface area (Å²) in [5.41, 5.74) is 2.55. The standard InChI is InChI=1S/C18H22N2O4S2/c1-14-4-6-16(7-5-14)12-13-25(21,22)20(3)15(2)17-8-10-18(11-9-17)26(19,23)24/h4-13,15H,1-3H3,(H2,19,23,24). The molecular formula is C18H22N2O4S2. The summed E-state index contributed by atoms with van der Waals surface area (Å²) in [6.07, 6.45) is 1.54. The van der Waals surface area contributed by atoms with Crippen LogP contribution in [-0.4, -0.2) is 28.2 Å². The second kappa shape index (κ2) is 7.71. The minimum atomic E-state index is -3.78. The second-order valence-electron chi connectivity index (χ2n) is 6.06. The van der Waals surface area contributed by atoms with Crippen LogP contribution in [0.4, 0.5) is 0 Å². The van der Waals surface area contributed by atoms with Crippen LogP contribution in [0, 0.1) is 6.92 Å². The summed E-state index contributed by atoms with van der Waals surface area (Å²) in [5.74, 6) is 0. The maximum Gasteiger partial charge on any atom is 0.238 e. The number of primary sulfonamides is 1. The van der Waals surface area contributed by atoms with E-state index in [2.05, 4.69) is 0 Å². The third-order valence-corrected chi connectivity index (χ3v) is 6.68. The average molecular weight is 395 g/mol. The molecule has 2 aromatic carbocycles. The van der Waals surface area contributed by atoms with Crippen molar-refractivity contribution in [3.05, 3.63) is 70.6 Å². The number of rotatable bonds is 6. The first-order chi connectivity index (χ1) is 12.0. The van der Waals surface area contributed by atoms with E-state index in [0.29, 0.717) is 5.56 Å². The van der Waals surface area contributed by atoms with Crippen molar-refractivity contribution in [1.29, 1.82) is 0 Å². The van der Waals surface area contributed by atoms with Crippen molar-refractivity contribution in [2.24, 2.45) is 5.14 Å². The SMILES string of the molecule is Cc1ccc(C=CS(=O)(=O)N(C)C(C)c2ccc(S(N)(=O)=O)cc2)cc1. The van der Waals surface area contributed by atoms with Gasteiger partial charge in [0.25, 0.3) is 0 Å². The number of aryl methyl sites for hydroxylation is 1. The molecule has 0 radical (unpaired) electrons. The number of sulfonamides is 2. The molecule has 0 aliphatic rings. The van der Waals surface area contributed by atoms with E-state index >= 15 is 0 Å². The Hall–Kier alpha value is -2.00. The molecule has 0 bridgehead atoms. The van der Waals surface area contributed by atoms with Gasteiger partial charge in [-0.15, -0.1) is 0 Å². The number of nitrogens with zero attached hydrogens (tertiary/aromatic N) is 1. The van der Waals surface area contributed by atoms with Crippen LogP contribution in [0.1, 0.15) is 29.7 Å². The smallest absolute Gasteiger partial charge is 0.225 e. The summed E-state index contributed by atoms with van der Waals surface area (Å²) >= 11 is 0. The van der Waals surface area contributed by atoms with Gasteiger partial charge in [-0.05, 0) is 43.2 Å². The molecule has 0 saturated heterocycles. The zero-order chi connectivity index (χ0) is 19.5. The van der Waals surface area contributed by atoms with Crippen molar-refractivity contribution >= 4 is 26.1 Å². The van der Waals surface area contributed by atoms with E-state index in [0.717, 1.165) is 16.5 Å². The quantitative estimate of drug-likeness (QED) is 0.814. The molecule has 0 spiro atoms. The molecule has 0 heterocycles. The van der Waals surface area contributed by atoms with Gasteiger partial charge in [-0.2, -0.15) is 4.31 Å². The molecule has 1 unspecified atom stereocenters. The minimum absolute atomic E-state index is 0.0155. The molecule has 0 aromatic heterocycles. The molecule has 140 valence electrons. The minimum Gasteiger partial charge on any atom is -0.225 e. The first kappa shape index (κ1) is 20.3. The highest BCUT2D eigenvalue weighted by Gasteiger charge is 2.22. The van der Waals surface area contributed by atoms with Crippen LogP contribution < -0.4 is 5.14 Å². The first-order valence-electron chi connectivity index (χ1n) is 7.86. The summed E-state index contributed by atoms with van der Waals surface area (Å²) in [7, 11) is -5.94. The Labute approximate surface area is 155 Å². The van der Waals surface area contributed by atoms with E-state index in [1.807, 2.05) is 31.2 Å². The number of hydrogen-bond donors (Lipinski definition) is 1. The van der Waals surface area contributed by atoms with Crippen molar-refractivity contribution in [1.82, 2.24) is 4.31 Å². The van der Waals surface area contributed by atoms with E-state index in [9.17, 15) is 16.8 Å². The lowest BCUT2D eigenvalue weighted by atomic mass is 10.1. The van der Waals surface area contributed by atoms with Crippen molar-refractivity contribution in [3.8, 4) is 0 Å². The van der Waals surface area contributed by atoms with Crippen molar-refractivity contribution in [2.75, 3.05) is 7.05 Å². The highest BCUT2D eigenvalue weighted by Crippen LogP contribution is 2.23. The van der Waals surface area contributed by atoms with E-state index in [4.69, 9.17) is 5.14 Å². The van der Waals surface area contributed by atoms with Gasteiger partial charge in [0.15, 0.2) is 0 Å². The molecule has 6 nitrogen and oxygen atoms in total. The van der Waals surface area contributed by atoms with E-state index in [1.165, 1.54) is 23.5 Å². The Kier molecular flexibility index (Phi) is 6.02. The van der Waals surface area contributed by atoms with Gasteiger partial charge in [0.2, 0.25) is 20.0 Å². The molecule has 1 atom stereocenters. The van der Waals surface area contributed by atoms with Crippen molar-refractivity contribution < 1.29 is 16.8 Å². The van der Waals surface area contributed by atoms with E-state index < -0.39 is 26.1 Å². The molecule has 0 saturated carbocycles. The molecule has 26 heavy (non-hydrogen) atoms. The van der Waals surface area contributed by atoms with Crippen molar-refractivity contribution in [2.45, 2.75) is 24.8 Å². The van der Waals surface area contributed by atoms with Crippen LogP contribution in [0.3, 0.4) is 0 Å². The molecule has 2 N–H and O–H groups in total. The fourth-order valence-corrected chi connectivity index (χ4v) is 3.90. The van der Waals surface area contributed by atoms with Gasteiger partial charge in [0.1, 0.15) is 0 Å². The van der Waals surface area contributed by atoms with Crippen LogP contribution in [0.15, 0.2) is 58.8 Å². The lowest BCUT2D eigenvalue weighted by Gasteiger charge is -2.23. The topological polar surface area (TPSA) is 97.5 Å². The summed E-state index contributed by atoms with van der Waals surface area (Å²) in [6.45, 7) is 3.68. The van der Waals surface area contributed by atoms with E-state index in [-0.39, 0.29) is 4.90 Å². The highest BCUT2D eigenvalue weighted by atomic mass is 32.2. The summed E-state index contributed by atoms with van der Waals surface area (Å²) in [5, 5.41) is 6.23. The maximum absolute atomic E-state index is 12.5. The zero-order valence-corrected chi connectivity index (χ0v) is 16.5. The second-order valence-corrected chi connectivity index (χ2v) is 9.50. The van der Waals surface area contributed by atoms with Gasteiger partial charge in [-0.1, -0.05) is 42.0 Å². The van der Waals surface area contributed by atoms with Crippen LogP contribution in [0.25, 0.3) is 6.08 Å². The normalized spacial score (nSPS) is 14.0. The molecular weight excluding hydrogens is 372 g/mol. The largest absolute Gasteiger partial charge is 0.238 e.